The topological polar surface area (TPSA) is 92.8 Å². The van der Waals surface area contributed by atoms with E-state index in [0.717, 1.165) is 12.8 Å². The highest BCUT2D eigenvalue weighted by Crippen LogP contribution is 2.28. The number of halogens is 1. The van der Waals surface area contributed by atoms with Crippen LogP contribution in [0.15, 0.2) is 23.1 Å². The molecule has 1 aliphatic rings. The Bertz CT molecular complexity index is 790. The molecule has 7 nitrogen and oxygen atoms in total. The molecule has 1 aromatic carbocycles. The van der Waals surface area contributed by atoms with Crippen molar-refractivity contribution in [1.82, 2.24) is 9.62 Å². The van der Waals surface area contributed by atoms with E-state index in [4.69, 9.17) is 16.3 Å². The molecule has 0 atom stereocenters. The summed E-state index contributed by atoms with van der Waals surface area (Å²) in [5, 5.41) is 2.51. The van der Waals surface area contributed by atoms with Crippen LogP contribution in [0.3, 0.4) is 0 Å². The van der Waals surface area contributed by atoms with Crippen LogP contribution in [0.2, 0.25) is 5.02 Å². The summed E-state index contributed by atoms with van der Waals surface area (Å²) in [6.07, 6.45) is 2.11. The van der Waals surface area contributed by atoms with E-state index >= 15 is 0 Å². The van der Waals surface area contributed by atoms with Crippen LogP contribution in [-0.2, 0) is 19.6 Å². The standard InChI is InChI=1S/C17H23ClN2O5S/c1-11(2)20(3)26(23,24)13-6-7-15(18)14(8-13)17(22)19-9-16(21)25-10-12-4-5-12/h6-8,11-12H,4-5,9-10H2,1-3H3,(H,19,22). The molecule has 0 saturated heterocycles. The van der Waals surface area contributed by atoms with E-state index in [-0.39, 0.29) is 28.1 Å². The van der Waals surface area contributed by atoms with Gasteiger partial charge in [-0.05, 0) is 50.8 Å². The van der Waals surface area contributed by atoms with Gasteiger partial charge < -0.3 is 10.1 Å². The Morgan fingerprint density at radius 2 is 2.00 bits per heavy atom. The fourth-order valence-electron chi connectivity index (χ4n) is 2.08. The second kappa shape index (κ2) is 8.37. The molecule has 0 spiro atoms. The number of nitrogens with zero attached hydrogens (tertiary/aromatic N) is 1. The number of carbonyl (C=O) groups excluding carboxylic acids is 2. The molecule has 0 aliphatic heterocycles. The maximum absolute atomic E-state index is 12.6. The molecule has 1 fully saturated rings. The summed E-state index contributed by atoms with van der Waals surface area (Å²) < 4.78 is 31.3. The third-order valence-electron chi connectivity index (χ3n) is 4.16. The fraction of sp³-hybridized carbons (Fsp3) is 0.529. The number of esters is 1. The van der Waals surface area contributed by atoms with Gasteiger partial charge in [0.15, 0.2) is 0 Å². The number of nitrogens with one attached hydrogen (secondary N) is 1. The van der Waals surface area contributed by atoms with E-state index < -0.39 is 21.9 Å². The Balaban J connectivity index is 2.08. The number of rotatable bonds is 8. The second-order valence-electron chi connectivity index (χ2n) is 6.57. The Kier molecular flexibility index (Phi) is 6.65. The first-order valence-electron chi connectivity index (χ1n) is 8.34. The number of amides is 1. The molecule has 1 N–H and O–H groups in total. The van der Waals surface area contributed by atoms with Gasteiger partial charge in [0.1, 0.15) is 6.54 Å². The minimum absolute atomic E-state index is 0.0140. The zero-order valence-corrected chi connectivity index (χ0v) is 16.6. The Labute approximate surface area is 158 Å². The van der Waals surface area contributed by atoms with Gasteiger partial charge >= 0.3 is 5.97 Å². The van der Waals surface area contributed by atoms with Crippen molar-refractivity contribution in [3.8, 4) is 0 Å². The summed E-state index contributed by atoms with van der Waals surface area (Å²) in [6.45, 7) is 3.55. The van der Waals surface area contributed by atoms with Crippen molar-refractivity contribution in [2.75, 3.05) is 20.2 Å². The third kappa shape index (κ3) is 5.18. The van der Waals surface area contributed by atoms with Gasteiger partial charge in [-0.15, -0.1) is 0 Å². The average molecular weight is 403 g/mol. The zero-order chi connectivity index (χ0) is 19.5. The maximum Gasteiger partial charge on any atom is 0.325 e. The largest absolute Gasteiger partial charge is 0.464 e. The van der Waals surface area contributed by atoms with Gasteiger partial charge in [-0.2, -0.15) is 4.31 Å². The summed E-state index contributed by atoms with van der Waals surface area (Å²) in [7, 11) is -2.29. The van der Waals surface area contributed by atoms with Gasteiger partial charge in [-0.1, -0.05) is 11.6 Å². The van der Waals surface area contributed by atoms with Gasteiger partial charge in [-0.25, -0.2) is 8.42 Å². The molecule has 26 heavy (non-hydrogen) atoms. The van der Waals surface area contributed by atoms with Crippen LogP contribution in [-0.4, -0.2) is 50.8 Å². The lowest BCUT2D eigenvalue weighted by molar-refractivity contribution is -0.142. The van der Waals surface area contributed by atoms with E-state index in [1.54, 1.807) is 13.8 Å². The average Bonchev–Trinajstić information content (AvgIpc) is 3.41. The number of hydrogen-bond acceptors (Lipinski definition) is 5. The second-order valence-corrected chi connectivity index (χ2v) is 8.97. The molecule has 1 aromatic rings. The van der Waals surface area contributed by atoms with Crippen molar-refractivity contribution >= 4 is 33.5 Å². The van der Waals surface area contributed by atoms with Crippen molar-refractivity contribution in [1.29, 1.82) is 0 Å². The molecule has 0 aromatic heterocycles. The summed E-state index contributed by atoms with van der Waals surface area (Å²) in [5.41, 5.74) is -0.0140. The molecular weight excluding hydrogens is 380 g/mol. The number of ether oxygens (including phenoxy) is 1. The van der Waals surface area contributed by atoms with Crippen molar-refractivity contribution < 1.29 is 22.7 Å². The smallest absolute Gasteiger partial charge is 0.325 e. The summed E-state index contributed by atoms with van der Waals surface area (Å²) >= 11 is 6.02. The first kappa shape index (κ1) is 20.7. The van der Waals surface area contributed by atoms with Crippen LogP contribution < -0.4 is 5.32 Å². The summed E-state index contributed by atoms with van der Waals surface area (Å²) in [4.78, 5) is 23.9. The van der Waals surface area contributed by atoms with E-state index in [9.17, 15) is 18.0 Å². The molecule has 1 amide bonds. The van der Waals surface area contributed by atoms with Crippen molar-refractivity contribution in [2.45, 2.75) is 37.6 Å². The van der Waals surface area contributed by atoms with E-state index in [0.29, 0.717) is 12.5 Å². The van der Waals surface area contributed by atoms with Crippen LogP contribution >= 0.6 is 11.6 Å². The molecule has 0 unspecified atom stereocenters. The number of benzene rings is 1. The highest BCUT2D eigenvalue weighted by atomic mass is 35.5. The Hall–Kier alpha value is -1.64. The molecule has 144 valence electrons. The number of sulfonamides is 1. The number of carbonyl (C=O) groups is 2. The van der Waals surface area contributed by atoms with Crippen molar-refractivity contribution in [3.63, 3.8) is 0 Å². The normalized spacial score (nSPS) is 14.5. The highest BCUT2D eigenvalue weighted by molar-refractivity contribution is 7.89. The Morgan fingerprint density at radius 3 is 2.58 bits per heavy atom. The van der Waals surface area contributed by atoms with Crippen LogP contribution in [0, 0.1) is 5.92 Å². The van der Waals surface area contributed by atoms with Crippen LogP contribution in [0.4, 0.5) is 0 Å². The predicted molar refractivity (Wildman–Crippen MR) is 97.6 cm³/mol. The first-order chi connectivity index (χ1) is 12.1. The lowest BCUT2D eigenvalue weighted by Crippen LogP contribution is -2.34. The predicted octanol–water partition coefficient (Wildman–Crippen LogP) is 2.05. The van der Waals surface area contributed by atoms with Gasteiger partial charge in [0, 0.05) is 13.1 Å². The van der Waals surface area contributed by atoms with Gasteiger partial charge in [0.25, 0.3) is 5.91 Å². The Morgan fingerprint density at radius 1 is 1.35 bits per heavy atom. The quantitative estimate of drug-likeness (QED) is 0.672. The van der Waals surface area contributed by atoms with E-state index in [2.05, 4.69) is 5.32 Å². The molecule has 0 radical (unpaired) electrons. The molecule has 1 saturated carbocycles. The molecule has 1 aliphatic carbocycles. The van der Waals surface area contributed by atoms with Crippen LogP contribution in [0.5, 0.6) is 0 Å². The molecule has 0 heterocycles. The maximum atomic E-state index is 12.6. The lowest BCUT2D eigenvalue weighted by Gasteiger charge is -2.21. The highest BCUT2D eigenvalue weighted by Gasteiger charge is 2.26. The summed E-state index contributed by atoms with van der Waals surface area (Å²) in [6, 6.07) is 3.66. The first-order valence-corrected chi connectivity index (χ1v) is 10.2. The van der Waals surface area contributed by atoms with Crippen molar-refractivity contribution in [2.24, 2.45) is 5.92 Å². The zero-order valence-electron chi connectivity index (χ0n) is 15.0. The third-order valence-corrected chi connectivity index (χ3v) is 6.52. The van der Waals surface area contributed by atoms with Crippen LogP contribution in [0.1, 0.15) is 37.0 Å². The monoisotopic (exact) mass is 402 g/mol. The van der Waals surface area contributed by atoms with Gasteiger partial charge in [-0.3, -0.25) is 9.59 Å². The minimum atomic E-state index is -3.75. The number of hydrogen-bond donors (Lipinski definition) is 1. The summed E-state index contributed by atoms with van der Waals surface area (Å²) in [5.74, 6) is -0.740. The molecule has 0 bridgehead atoms. The molecule has 9 heteroatoms. The lowest BCUT2D eigenvalue weighted by atomic mass is 10.2. The van der Waals surface area contributed by atoms with Crippen molar-refractivity contribution in [3.05, 3.63) is 28.8 Å². The molecular formula is C17H23ClN2O5S. The van der Waals surface area contributed by atoms with Gasteiger partial charge in [0.2, 0.25) is 10.0 Å². The fourth-order valence-corrected chi connectivity index (χ4v) is 3.67. The van der Waals surface area contributed by atoms with E-state index in [1.165, 1.54) is 29.6 Å². The molecule has 2 rings (SSSR count). The minimum Gasteiger partial charge on any atom is -0.464 e. The van der Waals surface area contributed by atoms with Gasteiger partial charge in [0.05, 0.1) is 22.1 Å². The SMILES string of the molecule is CC(C)N(C)S(=O)(=O)c1ccc(Cl)c(C(=O)NCC(=O)OCC2CC2)c1. The van der Waals surface area contributed by atoms with Crippen LogP contribution in [0.25, 0.3) is 0 Å². The van der Waals surface area contributed by atoms with E-state index in [1.807, 2.05) is 0 Å².